The van der Waals surface area contributed by atoms with Gasteiger partial charge < -0.3 is 4.57 Å². The number of nitrogens with zero attached hydrogens (tertiary/aromatic N) is 1. The maximum atomic E-state index is 12.6. The van der Waals surface area contributed by atoms with Crippen LogP contribution in [0.3, 0.4) is 0 Å². The topological polar surface area (TPSA) is 22.0 Å². The predicted octanol–water partition coefficient (Wildman–Crippen LogP) is 4.82. The highest BCUT2D eigenvalue weighted by molar-refractivity contribution is 6.08. The van der Waals surface area contributed by atoms with Crippen molar-refractivity contribution in [1.82, 2.24) is 4.57 Å². The molecule has 0 aliphatic rings. The van der Waals surface area contributed by atoms with E-state index in [1.54, 1.807) is 0 Å². The molecule has 1 unspecified atom stereocenters. The molecule has 0 amide bonds. The summed E-state index contributed by atoms with van der Waals surface area (Å²) >= 11 is 0. The van der Waals surface area contributed by atoms with Gasteiger partial charge in [-0.25, -0.2) is 0 Å². The van der Waals surface area contributed by atoms with E-state index in [-0.39, 0.29) is 11.2 Å². The normalized spacial score (nSPS) is 13.7. The molecule has 0 radical (unpaired) electrons. The molecule has 0 N–H and O–H groups in total. The van der Waals surface area contributed by atoms with Crippen LogP contribution in [0.15, 0.2) is 30.5 Å². The lowest BCUT2D eigenvalue weighted by molar-refractivity contribution is 0.0956. The Morgan fingerprint density at radius 2 is 1.90 bits per heavy atom. The van der Waals surface area contributed by atoms with Gasteiger partial charge in [-0.3, -0.25) is 4.79 Å². The highest BCUT2D eigenvalue weighted by atomic mass is 16.1. The molecule has 1 atom stereocenters. The van der Waals surface area contributed by atoms with Gasteiger partial charge in [0, 0.05) is 36.1 Å². The summed E-state index contributed by atoms with van der Waals surface area (Å²) in [4.78, 5) is 12.6. The Morgan fingerprint density at radius 3 is 2.55 bits per heavy atom. The van der Waals surface area contributed by atoms with Crippen molar-refractivity contribution < 1.29 is 4.79 Å². The molecule has 2 nitrogen and oxygen atoms in total. The van der Waals surface area contributed by atoms with Crippen LogP contribution in [0.2, 0.25) is 0 Å². The van der Waals surface area contributed by atoms with Crippen LogP contribution in [0, 0.1) is 11.3 Å². The summed E-state index contributed by atoms with van der Waals surface area (Å²) in [6.45, 7) is 8.86. The van der Waals surface area contributed by atoms with Crippen molar-refractivity contribution in [1.29, 1.82) is 0 Å². The van der Waals surface area contributed by atoms with Crippen LogP contribution in [-0.2, 0) is 7.05 Å². The molecule has 1 aromatic heterocycles. The standard InChI is InChI=1S/C18H25NO/c1-13(11-18(2,3)4)10-17(20)15-12-19(5)16-9-7-6-8-14(15)16/h6-9,12-13H,10-11H2,1-5H3. The van der Waals surface area contributed by atoms with Gasteiger partial charge in [-0.2, -0.15) is 0 Å². The zero-order valence-corrected chi connectivity index (χ0v) is 13.2. The number of ketones is 1. The molecule has 0 aliphatic carbocycles. The molecular weight excluding hydrogens is 246 g/mol. The average Bonchev–Trinajstić information content (AvgIpc) is 2.65. The summed E-state index contributed by atoms with van der Waals surface area (Å²) in [5.41, 5.74) is 2.27. The first-order chi connectivity index (χ1) is 9.28. The Hall–Kier alpha value is -1.57. The second-order valence-corrected chi connectivity index (χ2v) is 7.17. The van der Waals surface area contributed by atoms with Crippen molar-refractivity contribution in [3.63, 3.8) is 0 Å². The minimum atomic E-state index is 0.263. The first-order valence-electron chi connectivity index (χ1n) is 7.35. The number of para-hydroxylation sites is 1. The SMILES string of the molecule is CC(CC(=O)c1cn(C)c2ccccc12)CC(C)(C)C. The number of aryl methyl sites for hydroxylation is 1. The lowest BCUT2D eigenvalue weighted by atomic mass is 9.83. The van der Waals surface area contributed by atoms with E-state index in [2.05, 4.69) is 33.8 Å². The van der Waals surface area contributed by atoms with Crippen LogP contribution in [0.4, 0.5) is 0 Å². The van der Waals surface area contributed by atoms with Crippen molar-refractivity contribution in [3.05, 3.63) is 36.0 Å². The van der Waals surface area contributed by atoms with Crippen LogP contribution in [-0.4, -0.2) is 10.4 Å². The van der Waals surface area contributed by atoms with E-state index in [0.29, 0.717) is 12.3 Å². The maximum Gasteiger partial charge on any atom is 0.165 e. The summed E-state index contributed by atoms with van der Waals surface area (Å²) in [5.74, 6) is 0.681. The Bertz CT molecular complexity index is 616. The van der Waals surface area contributed by atoms with Gasteiger partial charge >= 0.3 is 0 Å². The number of benzene rings is 1. The molecule has 20 heavy (non-hydrogen) atoms. The second kappa shape index (κ2) is 5.43. The third kappa shape index (κ3) is 3.30. The number of hydrogen-bond acceptors (Lipinski definition) is 1. The molecule has 0 saturated carbocycles. The number of rotatable bonds is 4. The molecular formula is C18H25NO. The van der Waals surface area contributed by atoms with Crippen LogP contribution < -0.4 is 0 Å². The summed E-state index contributed by atoms with van der Waals surface area (Å²) in [7, 11) is 2.00. The third-order valence-electron chi connectivity index (χ3n) is 3.69. The van der Waals surface area contributed by atoms with E-state index in [1.807, 2.05) is 36.0 Å². The van der Waals surface area contributed by atoms with Crippen LogP contribution in [0.1, 0.15) is 50.9 Å². The predicted molar refractivity (Wildman–Crippen MR) is 85.1 cm³/mol. The summed E-state index contributed by atoms with van der Waals surface area (Å²) < 4.78 is 2.04. The minimum Gasteiger partial charge on any atom is -0.350 e. The minimum absolute atomic E-state index is 0.263. The molecule has 1 aromatic carbocycles. The summed E-state index contributed by atoms with van der Waals surface area (Å²) in [6.07, 6.45) is 3.67. The van der Waals surface area contributed by atoms with Gasteiger partial charge in [0.05, 0.1) is 0 Å². The number of carbonyl (C=O) groups is 1. The molecule has 1 heterocycles. The molecule has 0 aliphatic heterocycles. The van der Waals surface area contributed by atoms with Gasteiger partial charge in [0.1, 0.15) is 0 Å². The van der Waals surface area contributed by atoms with Crippen molar-refractivity contribution in [2.24, 2.45) is 18.4 Å². The summed E-state index contributed by atoms with van der Waals surface area (Å²) in [5, 5.41) is 1.07. The van der Waals surface area contributed by atoms with Crippen LogP contribution in [0.5, 0.6) is 0 Å². The van der Waals surface area contributed by atoms with E-state index in [1.165, 1.54) is 0 Å². The van der Waals surface area contributed by atoms with Crippen molar-refractivity contribution in [3.8, 4) is 0 Å². The van der Waals surface area contributed by atoms with Gasteiger partial charge in [-0.05, 0) is 23.8 Å². The molecule has 0 saturated heterocycles. The van der Waals surface area contributed by atoms with Crippen molar-refractivity contribution >= 4 is 16.7 Å². The maximum absolute atomic E-state index is 12.6. The fourth-order valence-corrected chi connectivity index (χ4v) is 3.11. The zero-order valence-electron chi connectivity index (χ0n) is 13.2. The lowest BCUT2D eigenvalue weighted by Crippen LogP contribution is -2.14. The van der Waals surface area contributed by atoms with Crippen LogP contribution >= 0.6 is 0 Å². The van der Waals surface area contributed by atoms with Crippen molar-refractivity contribution in [2.75, 3.05) is 0 Å². The highest BCUT2D eigenvalue weighted by Crippen LogP contribution is 2.28. The Labute approximate surface area is 121 Å². The molecule has 0 bridgehead atoms. The number of hydrogen-bond donors (Lipinski definition) is 0. The number of carbonyl (C=O) groups excluding carboxylic acids is 1. The fraction of sp³-hybridized carbons (Fsp3) is 0.500. The monoisotopic (exact) mass is 271 g/mol. The molecule has 108 valence electrons. The molecule has 2 rings (SSSR count). The molecule has 0 fully saturated rings. The molecule has 2 heteroatoms. The van der Waals surface area contributed by atoms with Gasteiger partial charge in [-0.1, -0.05) is 45.9 Å². The van der Waals surface area contributed by atoms with E-state index < -0.39 is 0 Å². The number of Topliss-reactive ketones (excluding diaryl/α,β-unsaturated/α-hetero) is 1. The molecule has 2 aromatic rings. The Morgan fingerprint density at radius 1 is 1.25 bits per heavy atom. The fourth-order valence-electron chi connectivity index (χ4n) is 3.11. The molecule has 0 spiro atoms. The third-order valence-corrected chi connectivity index (χ3v) is 3.69. The first-order valence-corrected chi connectivity index (χ1v) is 7.35. The quantitative estimate of drug-likeness (QED) is 0.730. The average molecular weight is 271 g/mol. The van der Waals surface area contributed by atoms with Gasteiger partial charge in [0.15, 0.2) is 5.78 Å². The van der Waals surface area contributed by atoms with E-state index in [9.17, 15) is 4.79 Å². The Balaban J connectivity index is 2.20. The highest BCUT2D eigenvalue weighted by Gasteiger charge is 2.20. The smallest absolute Gasteiger partial charge is 0.165 e. The van der Waals surface area contributed by atoms with E-state index >= 15 is 0 Å². The van der Waals surface area contributed by atoms with Gasteiger partial charge in [0.2, 0.25) is 0 Å². The first kappa shape index (κ1) is 14.8. The Kier molecular flexibility index (Phi) is 4.03. The number of fused-ring (bicyclic) bond motifs is 1. The summed E-state index contributed by atoms with van der Waals surface area (Å²) in [6, 6.07) is 8.11. The van der Waals surface area contributed by atoms with Gasteiger partial charge in [0.25, 0.3) is 0 Å². The largest absolute Gasteiger partial charge is 0.350 e. The number of aromatic nitrogens is 1. The van der Waals surface area contributed by atoms with Crippen molar-refractivity contribution in [2.45, 2.75) is 40.5 Å². The second-order valence-electron chi connectivity index (χ2n) is 7.17. The van der Waals surface area contributed by atoms with E-state index in [0.717, 1.165) is 22.9 Å². The zero-order chi connectivity index (χ0) is 14.9. The van der Waals surface area contributed by atoms with Crippen LogP contribution in [0.25, 0.3) is 10.9 Å². The van der Waals surface area contributed by atoms with Gasteiger partial charge in [-0.15, -0.1) is 0 Å². The lowest BCUT2D eigenvalue weighted by Gasteiger charge is -2.22. The van der Waals surface area contributed by atoms with E-state index in [4.69, 9.17) is 0 Å².